The first-order valence-corrected chi connectivity index (χ1v) is 17.9. The molecule has 9 aromatic rings. The lowest BCUT2D eigenvalue weighted by Crippen LogP contribution is -2.09. The third-order valence-corrected chi connectivity index (χ3v) is 9.93. The van der Waals surface area contributed by atoms with Gasteiger partial charge in [0, 0.05) is 50.6 Å². The van der Waals surface area contributed by atoms with Gasteiger partial charge in [0.1, 0.15) is 0 Å². The molecule has 1 heterocycles. The second kappa shape index (κ2) is 14.2. The topological polar surface area (TPSA) is 11.4 Å². The van der Waals surface area contributed by atoms with Crippen LogP contribution in [0.4, 0.5) is 56.1 Å². The Hall–Kier alpha value is -7.19. The number of fused-ring (bicyclic) bond motifs is 3. The Kier molecular flexibility index (Phi) is 8.78. The molecule has 56 heavy (non-hydrogen) atoms. The zero-order valence-corrected chi connectivity index (χ0v) is 29.6. The smallest absolute Gasteiger partial charge is 0.200 e. The van der Waals surface area contributed by atoms with Crippen molar-refractivity contribution in [1.82, 2.24) is 4.57 Å². The van der Waals surface area contributed by atoms with E-state index in [4.69, 9.17) is 0 Å². The molecule has 0 bridgehead atoms. The first-order valence-electron chi connectivity index (χ1n) is 17.9. The Morgan fingerprint density at radius 3 is 1.02 bits per heavy atom. The van der Waals surface area contributed by atoms with Crippen LogP contribution in [0.5, 0.6) is 0 Å². The van der Waals surface area contributed by atoms with Crippen LogP contribution in [0.1, 0.15) is 0 Å². The predicted octanol–water partition coefficient (Wildman–Crippen LogP) is 14.1. The van der Waals surface area contributed by atoms with Crippen LogP contribution in [0, 0.1) is 29.1 Å². The second-order valence-electron chi connectivity index (χ2n) is 13.2. The summed E-state index contributed by atoms with van der Waals surface area (Å²) in [7, 11) is 0. The second-order valence-corrected chi connectivity index (χ2v) is 13.2. The molecule has 3 nitrogen and oxygen atoms in total. The summed E-state index contributed by atoms with van der Waals surface area (Å²) < 4.78 is 73.9. The number of aromatic nitrogens is 1. The van der Waals surface area contributed by atoms with Gasteiger partial charge in [-0.2, -0.15) is 0 Å². The largest absolute Gasteiger partial charge is 0.310 e. The normalized spacial score (nSPS) is 11.3. The molecule has 9 rings (SSSR count). The van der Waals surface area contributed by atoms with Crippen LogP contribution in [0.25, 0.3) is 38.6 Å². The van der Waals surface area contributed by atoms with Gasteiger partial charge in [-0.15, -0.1) is 0 Å². The molecule has 0 aliphatic heterocycles. The molecule has 0 fully saturated rings. The lowest BCUT2D eigenvalue weighted by atomic mass is 10.0. The first kappa shape index (κ1) is 34.6. The maximum absolute atomic E-state index is 14.8. The number of hydrogen-bond acceptors (Lipinski definition) is 2. The van der Waals surface area contributed by atoms with Crippen molar-refractivity contribution >= 4 is 55.9 Å². The summed E-state index contributed by atoms with van der Waals surface area (Å²) >= 11 is 0. The number of benzene rings is 8. The molecule has 272 valence electrons. The third-order valence-electron chi connectivity index (χ3n) is 9.93. The molecule has 8 aromatic carbocycles. The summed E-state index contributed by atoms with van der Waals surface area (Å²) in [6.45, 7) is 0. The van der Waals surface area contributed by atoms with Crippen molar-refractivity contribution in [3.8, 4) is 16.8 Å². The van der Waals surface area contributed by atoms with Gasteiger partial charge < -0.3 is 14.4 Å². The van der Waals surface area contributed by atoms with Crippen LogP contribution in [-0.2, 0) is 0 Å². The van der Waals surface area contributed by atoms with Crippen molar-refractivity contribution in [2.45, 2.75) is 0 Å². The van der Waals surface area contributed by atoms with Gasteiger partial charge in [-0.25, -0.2) is 22.0 Å². The van der Waals surface area contributed by atoms with Crippen LogP contribution in [0.15, 0.2) is 182 Å². The fourth-order valence-corrected chi connectivity index (χ4v) is 7.39. The molecule has 0 atom stereocenters. The van der Waals surface area contributed by atoms with E-state index >= 15 is 0 Å². The molecule has 0 radical (unpaired) electrons. The van der Waals surface area contributed by atoms with E-state index < -0.39 is 34.6 Å². The Morgan fingerprint density at radius 1 is 0.321 bits per heavy atom. The fraction of sp³-hybridized carbons (Fsp3) is 0. The van der Waals surface area contributed by atoms with Gasteiger partial charge in [0.05, 0.1) is 16.6 Å². The highest BCUT2D eigenvalue weighted by Gasteiger charge is 2.27. The molecule has 0 spiro atoms. The van der Waals surface area contributed by atoms with E-state index in [0.29, 0.717) is 5.69 Å². The standard InChI is InChI=1S/C48H30F5N3/c49-44-43(45(50)47(52)48(53)46(44)51)31-21-23-36(24-22-31)56-41-27-25-37(54(32-13-5-1-6-14-32)33-15-7-2-8-16-33)29-39(41)40-30-38(26-28-42(40)56)55(34-17-9-3-10-18-34)35-19-11-4-12-20-35/h1-30H. The molecule has 0 N–H and O–H groups in total. The highest BCUT2D eigenvalue weighted by Crippen LogP contribution is 2.43. The highest BCUT2D eigenvalue weighted by atomic mass is 19.2. The molecule has 8 heteroatoms. The van der Waals surface area contributed by atoms with E-state index in [1.165, 1.54) is 12.1 Å². The third kappa shape index (κ3) is 5.92. The molecule has 0 saturated carbocycles. The number of hydrogen-bond donors (Lipinski definition) is 0. The predicted molar refractivity (Wildman–Crippen MR) is 215 cm³/mol. The van der Waals surface area contributed by atoms with E-state index in [9.17, 15) is 22.0 Å². The minimum absolute atomic E-state index is 0.144. The SMILES string of the molecule is Fc1c(F)c(F)c(-c2ccc(-n3c4ccc(N(c5ccccc5)c5ccccc5)cc4c4cc(N(c5ccccc5)c5ccccc5)ccc43)cc2)c(F)c1F. The van der Waals surface area contributed by atoms with Gasteiger partial charge in [-0.1, -0.05) is 84.9 Å². The fourth-order valence-electron chi connectivity index (χ4n) is 7.39. The van der Waals surface area contributed by atoms with Crippen molar-refractivity contribution in [2.75, 3.05) is 9.80 Å². The van der Waals surface area contributed by atoms with Crippen LogP contribution in [0.3, 0.4) is 0 Å². The minimum atomic E-state index is -2.19. The lowest BCUT2D eigenvalue weighted by molar-refractivity contribution is 0.381. The van der Waals surface area contributed by atoms with Crippen molar-refractivity contribution < 1.29 is 22.0 Å². The number of nitrogens with zero attached hydrogens (tertiary/aromatic N) is 3. The van der Waals surface area contributed by atoms with E-state index in [1.807, 2.05) is 102 Å². The lowest BCUT2D eigenvalue weighted by Gasteiger charge is -2.26. The monoisotopic (exact) mass is 743 g/mol. The van der Waals surface area contributed by atoms with E-state index in [2.05, 4.69) is 70.5 Å². The zero-order chi connectivity index (χ0) is 38.3. The minimum Gasteiger partial charge on any atom is -0.310 e. The maximum Gasteiger partial charge on any atom is 0.200 e. The number of rotatable bonds is 8. The zero-order valence-electron chi connectivity index (χ0n) is 29.6. The molecular formula is C48H30F5N3. The molecule has 1 aromatic heterocycles. The number of para-hydroxylation sites is 4. The van der Waals surface area contributed by atoms with Crippen molar-refractivity contribution in [3.05, 3.63) is 211 Å². The van der Waals surface area contributed by atoms with Gasteiger partial charge in [-0.3, -0.25) is 0 Å². The Bertz CT molecular complexity index is 2600. The first-order chi connectivity index (χ1) is 27.4. The molecule has 0 aliphatic carbocycles. The molecule has 0 amide bonds. The van der Waals surface area contributed by atoms with Gasteiger partial charge in [0.2, 0.25) is 5.82 Å². The van der Waals surface area contributed by atoms with Gasteiger partial charge in [-0.05, 0) is 103 Å². The summed E-state index contributed by atoms with van der Waals surface area (Å²) in [5.74, 6) is -9.93. The Morgan fingerprint density at radius 2 is 0.661 bits per heavy atom. The highest BCUT2D eigenvalue weighted by molar-refractivity contribution is 6.12. The molecule has 0 unspecified atom stereocenters. The molecular weight excluding hydrogens is 714 g/mol. The van der Waals surface area contributed by atoms with Crippen molar-refractivity contribution in [2.24, 2.45) is 0 Å². The van der Waals surface area contributed by atoms with Crippen LogP contribution >= 0.6 is 0 Å². The van der Waals surface area contributed by atoms with Crippen LogP contribution in [0.2, 0.25) is 0 Å². The number of halogens is 5. The summed E-state index contributed by atoms with van der Waals surface area (Å²) in [5, 5.41) is 1.86. The summed E-state index contributed by atoms with van der Waals surface area (Å²) in [6.07, 6.45) is 0. The molecule has 0 aliphatic rings. The Labute approximate surface area is 319 Å². The average Bonchev–Trinajstić information content (AvgIpc) is 3.57. The summed E-state index contributed by atoms with van der Waals surface area (Å²) in [6, 6.07) is 58.8. The summed E-state index contributed by atoms with van der Waals surface area (Å²) in [5.41, 5.74) is 6.95. The van der Waals surface area contributed by atoms with Gasteiger partial charge >= 0.3 is 0 Å². The van der Waals surface area contributed by atoms with Crippen LogP contribution in [-0.4, -0.2) is 4.57 Å². The van der Waals surface area contributed by atoms with Gasteiger partial charge in [0.15, 0.2) is 23.3 Å². The number of anilines is 6. The Balaban J connectivity index is 1.27. The molecule has 0 saturated heterocycles. The quantitative estimate of drug-likeness (QED) is 0.0872. The van der Waals surface area contributed by atoms with Crippen molar-refractivity contribution in [1.29, 1.82) is 0 Å². The van der Waals surface area contributed by atoms with E-state index in [-0.39, 0.29) is 5.56 Å². The van der Waals surface area contributed by atoms with Crippen molar-refractivity contribution in [3.63, 3.8) is 0 Å². The summed E-state index contributed by atoms with van der Waals surface area (Å²) in [4.78, 5) is 4.37. The van der Waals surface area contributed by atoms with E-state index in [1.54, 1.807) is 12.1 Å². The van der Waals surface area contributed by atoms with Crippen LogP contribution < -0.4 is 9.80 Å². The maximum atomic E-state index is 14.8. The van der Waals surface area contributed by atoms with Gasteiger partial charge in [0.25, 0.3) is 0 Å². The van der Waals surface area contributed by atoms with E-state index in [0.717, 1.165) is 55.9 Å². The average molecular weight is 744 g/mol.